The second-order valence-electron chi connectivity index (χ2n) is 14.0. The van der Waals surface area contributed by atoms with E-state index in [1.807, 2.05) is 78.1 Å². The highest BCUT2D eigenvalue weighted by Crippen LogP contribution is 2.44. The smallest absolute Gasteiger partial charge is 0.164 e. The van der Waals surface area contributed by atoms with Crippen molar-refractivity contribution in [2.24, 2.45) is 0 Å². The highest BCUT2D eigenvalue weighted by molar-refractivity contribution is 7.25. The zero-order chi connectivity index (χ0) is 37.0. The van der Waals surface area contributed by atoms with Crippen molar-refractivity contribution < 1.29 is 4.42 Å². The minimum atomic E-state index is 0.621. The number of aromatic nitrogens is 3. The lowest BCUT2D eigenvalue weighted by Crippen LogP contribution is -2.00. The van der Waals surface area contributed by atoms with Gasteiger partial charge in [0.2, 0.25) is 0 Å². The van der Waals surface area contributed by atoms with E-state index in [0.29, 0.717) is 17.5 Å². The molecule has 4 nitrogen and oxygen atoms in total. The van der Waals surface area contributed by atoms with E-state index in [2.05, 4.69) is 121 Å². The van der Waals surface area contributed by atoms with Crippen LogP contribution in [-0.4, -0.2) is 15.0 Å². The van der Waals surface area contributed by atoms with Gasteiger partial charge < -0.3 is 4.42 Å². The van der Waals surface area contributed by atoms with Gasteiger partial charge in [-0.05, 0) is 70.3 Å². The number of nitrogens with zero attached hydrogens (tertiary/aromatic N) is 3. The normalized spacial score (nSPS) is 11.6. The van der Waals surface area contributed by atoms with Crippen LogP contribution in [0.2, 0.25) is 0 Å². The molecule has 0 bridgehead atoms. The maximum atomic E-state index is 6.77. The number of hydrogen-bond donors (Lipinski definition) is 0. The van der Waals surface area contributed by atoms with Gasteiger partial charge in [-0.25, -0.2) is 15.0 Å². The summed E-state index contributed by atoms with van der Waals surface area (Å²) in [4.78, 5) is 14.9. The molecule has 3 heterocycles. The van der Waals surface area contributed by atoms with Gasteiger partial charge in [0.15, 0.2) is 17.5 Å². The summed E-state index contributed by atoms with van der Waals surface area (Å²) < 4.78 is 9.33. The van der Waals surface area contributed by atoms with Crippen LogP contribution in [0.4, 0.5) is 0 Å². The summed E-state index contributed by atoms with van der Waals surface area (Å²) in [5.74, 6) is 1.90. The van der Waals surface area contributed by atoms with Crippen molar-refractivity contribution in [2.45, 2.75) is 0 Å². The molecule has 8 aromatic carbocycles. The standard InChI is InChI=1S/C51H31N3OS/c1-4-13-32(14-5-1)35-23-27-45-42(30-35)43-31-37(24-28-46(43)56-45)40-26-25-39(47-41-21-10-11-22-44(41)55-48(40)47)36-19-12-20-38(29-36)51-53-49(33-15-6-2-7-16-33)52-50(54-51)34-17-8-3-9-18-34/h1-31H. The van der Waals surface area contributed by atoms with Crippen molar-refractivity contribution in [1.29, 1.82) is 0 Å². The highest BCUT2D eigenvalue weighted by atomic mass is 32.1. The molecule has 0 aliphatic rings. The Morgan fingerprint density at radius 3 is 1.52 bits per heavy atom. The molecule has 0 atom stereocenters. The van der Waals surface area contributed by atoms with Gasteiger partial charge in [-0.3, -0.25) is 0 Å². The van der Waals surface area contributed by atoms with E-state index in [4.69, 9.17) is 19.4 Å². The topological polar surface area (TPSA) is 51.8 Å². The summed E-state index contributed by atoms with van der Waals surface area (Å²) in [7, 11) is 0. The molecule has 0 aliphatic heterocycles. The number of rotatable bonds is 6. The van der Waals surface area contributed by atoms with Crippen LogP contribution in [0.1, 0.15) is 0 Å². The molecule has 0 aliphatic carbocycles. The molecule has 0 spiro atoms. The Morgan fingerprint density at radius 1 is 0.339 bits per heavy atom. The van der Waals surface area contributed by atoms with E-state index in [1.165, 1.54) is 31.3 Å². The van der Waals surface area contributed by atoms with E-state index >= 15 is 0 Å². The maximum Gasteiger partial charge on any atom is 0.164 e. The summed E-state index contributed by atoms with van der Waals surface area (Å²) in [6, 6.07) is 65.7. The lowest BCUT2D eigenvalue weighted by atomic mass is 9.93. The van der Waals surface area contributed by atoms with Gasteiger partial charge >= 0.3 is 0 Å². The van der Waals surface area contributed by atoms with Crippen molar-refractivity contribution in [2.75, 3.05) is 0 Å². The third kappa shape index (κ3) is 5.56. The SMILES string of the molecule is c1ccc(-c2ccc3sc4ccc(-c5ccc(-c6cccc(-c7nc(-c8ccccc8)nc(-c8ccccc8)n7)c6)c6c5oc5ccccc56)cc4c3c2)cc1. The van der Waals surface area contributed by atoms with Gasteiger partial charge in [-0.1, -0.05) is 146 Å². The zero-order valence-corrected chi connectivity index (χ0v) is 30.9. The molecule has 0 N–H and O–H groups in total. The summed E-state index contributed by atoms with van der Waals surface area (Å²) in [6.07, 6.45) is 0. The summed E-state index contributed by atoms with van der Waals surface area (Å²) in [5, 5.41) is 4.69. The van der Waals surface area contributed by atoms with Crippen molar-refractivity contribution in [3.63, 3.8) is 0 Å². The van der Waals surface area contributed by atoms with Crippen molar-refractivity contribution >= 4 is 53.4 Å². The number of para-hydroxylation sites is 1. The Labute approximate surface area is 327 Å². The minimum absolute atomic E-state index is 0.621. The average molecular weight is 734 g/mol. The molecule has 0 amide bonds. The van der Waals surface area contributed by atoms with Crippen LogP contribution in [0, 0.1) is 0 Å². The predicted molar refractivity (Wildman–Crippen MR) is 233 cm³/mol. The van der Waals surface area contributed by atoms with Crippen molar-refractivity contribution in [3.05, 3.63) is 188 Å². The Kier molecular flexibility index (Phi) is 7.64. The fraction of sp³-hybridized carbons (Fsp3) is 0. The molecule has 0 saturated heterocycles. The Balaban J connectivity index is 1.06. The Morgan fingerprint density at radius 2 is 0.839 bits per heavy atom. The Hall–Kier alpha value is -7.21. The van der Waals surface area contributed by atoms with Crippen LogP contribution in [-0.2, 0) is 0 Å². The van der Waals surface area contributed by atoms with Crippen LogP contribution < -0.4 is 0 Å². The maximum absolute atomic E-state index is 6.77. The number of fused-ring (bicyclic) bond motifs is 6. The monoisotopic (exact) mass is 733 g/mol. The summed E-state index contributed by atoms with van der Waals surface area (Å²) in [6.45, 7) is 0. The lowest BCUT2D eigenvalue weighted by Gasteiger charge is -2.11. The molecule has 0 fully saturated rings. The molecular weight excluding hydrogens is 703 g/mol. The first-order chi connectivity index (χ1) is 27.7. The number of furan rings is 1. The van der Waals surface area contributed by atoms with Gasteiger partial charge in [0, 0.05) is 53.2 Å². The van der Waals surface area contributed by atoms with E-state index in [-0.39, 0.29) is 0 Å². The number of thiophene rings is 1. The molecule has 0 radical (unpaired) electrons. The molecule has 11 aromatic rings. The van der Waals surface area contributed by atoms with Crippen LogP contribution in [0.25, 0.3) is 110 Å². The van der Waals surface area contributed by atoms with Gasteiger partial charge in [-0.15, -0.1) is 11.3 Å². The summed E-state index contributed by atoms with van der Waals surface area (Å²) in [5.41, 5.74) is 11.3. The van der Waals surface area contributed by atoms with Crippen LogP contribution in [0.15, 0.2) is 192 Å². The van der Waals surface area contributed by atoms with Crippen molar-refractivity contribution in [3.8, 4) is 67.5 Å². The first-order valence-electron chi connectivity index (χ1n) is 18.7. The third-order valence-electron chi connectivity index (χ3n) is 10.5. The quantitative estimate of drug-likeness (QED) is 0.171. The van der Waals surface area contributed by atoms with E-state index in [1.54, 1.807) is 0 Å². The van der Waals surface area contributed by atoms with Gasteiger partial charge in [0.05, 0.1) is 0 Å². The fourth-order valence-electron chi connectivity index (χ4n) is 7.81. The molecule has 3 aromatic heterocycles. The number of hydrogen-bond acceptors (Lipinski definition) is 5. The Bertz CT molecular complexity index is 3180. The molecular formula is C51H31N3OS. The first-order valence-corrected chi connectivity index (χ1v) is 19.5. The summed E-state index contributed by atoms with van der Waals surface area (Å²) >= 11 is 1.84. The molecule has 262 valence electrons. The van der Waals surface area contributed by atoms with Crippen LogP contribution in [0.3, 0.4) is 0 Å². The highest BCUT2D eigenvalue weighted by Gasteiger charge is 2.19. The fourth-order valence-corrected chi connectivity index (χ4v) is 8.88. The van der Waals surface area contributed by atoms with Gasteiger partial charge in [0.25, 0.3) is 0 Å². The largest absolute Gasteiger partial charge is 0.455 e. The predicted octanol–water partition coefficient (Wildman–Crippen LogP) is 14.1. The molecule has 0 saturated carbocycles. The van der Waals surface area contributed by atoms with E-state index in [0.717, 1.165) is 60.9 Å². The van der Waals surface area contributed by atoms with Gasteiger partial charge in [-0.2, -0.15) is 0 Å². The van der Waals surface area contributed by atoms with Gasteiger partial charge in [0.1, 0.15) is 11.2 Å². The second kappa shape index (κ2) is 13.3. The molecule has 0 unspecified atom stereocenters. The van der Waals surface area contributed by atoms with Crippen molar-refractivity contribution in [1.82, 2.24) is 15.0 Å². The third-order valence-corrected chi connectivity index (χ3v) is 11.7. The average Bonchev–Trinajstić information content (AvgIpc) is 3.85. The van der Waals surface area contributed by atoms with Crippen LogP contribution in [0.5, 0.6) is 0 Å². The molecule has 5 heteroatoms. The van der Waals surface area contributed by atoms with E-state index < -0.39 is 0 Å². The number of benzene rings is 8. The minimum Gasteiger partial charge on any atom is -0.455 e. The van der Waals surface area contributed by atoms with E-state index in [9.17, 15) is 0 Å². The first kappa shape index (κ1) is 32.2. The van der Waals surface area contributed by atoms with Crippen LogP contribution >= 0.6 is 11.3 Å². The zero-order valence-electron chi connectivity index (χ0n) is 30.1. The second-order valence-corrected chi connectivity index (χ2v) is 15.1. The lowest BCUT2D eigenvalue weighted by molar-refractivity contribution is 0.670. The molecule has 11 rings (SSSR count). The molecule has 56 heavy (non-hydrogen) atoms.